The van der Waals surface area contributed by atoms with Crippen LogP contribution < -0.4 is 10.9 Å². The van der Waals surface area contributed by atoms with Crippen molar-refractivity contribution in [3.63, 3.8) is 0 Å². The molecular weight excluding hydrogens is 364 g/mol. The van der Waals surface area contributed by atoms with Gasteiger partial charge in [0.1, 0.15) is 11.5 Å². The molecule has 1 aromatic carbocycles. The second kappa shape index (κ2) is 8.27. The number of halogens is 1. The monoisotopic (exact) mass is 384 g/mol. The highest BCUT2D eigenvalue weighted by atomic mass is 35.5. The summed E-state index contributed by atoms with van der Waals surface area (Å²) in [6, 6.07) is 14.2. The zero-order chi connectivity index (χ0) is 19.4. The number of hydrogen-bond acceptors (Lipinski definition) is 3. The number of pyridine rings is 1. The quantitative estimate of drug-likeness (QED) is 0.648. The SMILES string of the molecule is Cc1oc(-c2ccccc2Cl)cc1C(=O)NCCCn1c(C)cccc1=O. The van der Waals surface area contributed by atoms with Gasteiger partial charge in [-0.15, -0.1) is 0 Å². The largest absolute Gasteiger partial charge is 0.460 e. The number of carbonyl (C=O) groups is 1. The Hall–Kier alpha value is -2.79. The lowest BCUT2D eigenvalue weighted by atomic mass is 10.1. The summed E-state index contributed by atoms with van der Waals surface area (Å²) in [6.45, 7) is 4.67. The number of carbonyl (C=O) groups excluding carboxylic acids is 1. The number of nitrogens with one attached hydrogen (secondary N) is 1. The van der Waals surface area contributed by atoms with Gasteiger partial charge in [0.15, 0.2) is 0 Å². The van der Waals surface area contributed by atoms with Gasteiger partial charge in [0.2, 0.25) is 0 Å². The van der Waals surface area contributed by atoms with Crippen LogP contribution in [0, 0.1) is 13.8 Å². The summed E-state index contributed by atoms with van der Waals surface area (Å²) >= 11 is 6.20. The van der Waals surface area contributed by atoms with Crippen LogP contribution in [0.2, 0.25) is 5.02 Å². The van der Waals surface area contributed by atoms with Crippen LogP contribution >= 0.6 is 11.6 Å². The topological polar surface area (TPSA) is 64.2 Å². The van der Waals surface area contributed by atoms with E-state index in [0.717, 1.165) is 11.3 Å². The molecule has 0 aliphatic rings. The maximum atomic E-state index is 12.5. The van der Waals surface area contributed by atoms with Crippen molar-refractivity contribution in [3.05, 3.63) is 80.9 Å². The Morgan fingerprint density at radius 1 is 1.15 bits per heavy atom. The molecule has 0 saturated carbocycles. The minimum atomic E-state index is -0.202. The van der Waals surface area contributed by atoms with E-state index in [2.05, 4.69) is 5.32 Å². The van der Waals surface area contributed by atoms with Crippen LogP contribution in [0.25, 0.3) is 11.3 Å². The number of rotatable bonds is 6. The van der Waals surface area contributed by atoms with E-state index in [1.807, 2.05) is 31.2 Å². The molecule has 0 aliphatic heterocycles. The normalized spacial score (nSPS) is 10.8. The van der Waals surface area contributed by atoms with Gasteiger partial charge in [0.05, 0.1) is 10.6 Å². The number of hydrogen-bond donors (Lipinski definition) is 1. The molecule has 0 bridgehead atoms. The molecule has 0 fully saturated rings. The number of benzene rings is 1. The molecule has 5 nitrogen and oxygen atoms in total. The minimum absolute atomic E-state index is 0.0311. The molecule has 0 radical (unpaired) electrons. The molecule has 0 atom stereocenters. The summed E-state index contributed by atoms with van der Waals surface area (Å²) in [5.74, 6) is 0.902. The average molecular weight is 385 g/mol. The van der Waals surface area contributed by atoms with Gasteiger partial charge in [0, 0.05) is 30.4 Å². The highest BCUT2D eigenvalue weighted by Gasteiger charge is 2.17. The van der Waals surface area contributed by atoms with Crippen molar-refractivity contribution in [1.82, 2.24) is 9.88 Å². The molecule has 1 amide bonds. The van der Waals surface area contributed by atoms with Gasteiger partial charge in [0.25, 0.3) is 11.5 Å². The third kappa shape index (κ3) is 4.31. The zero-order valence-corrected chi connectivity index (χ0v) is 16.0. The Morgan fingerprint density at radius 3 is 2.67 bits per heavy atom. The molecule has 0 aliphatic carbocycles. The molecule has 2 heterocycles. The number of furan rings is 1. The van der Waals surface area contributed by atoms with Crippen molar-refractivity contribution < 1.29 is 9.21 Å². The number of nitrogens with zero attached hydrogens (tertiary/aromatic N) is 1. The summed E-state index contributed by atoms with van der Waals surface area (Å²) in [5.41, 5.74) is 2.11. The molecule has 3 rings (SSSR count). The predicted molar refractivity (Wildman–Crippen MR) is 106 cm³/mol. The van der Waals surface area contributed by atoms with Gasteiger partial charge < -0.3 is 14.3 Å². The van der Waals surface area contributed by atoms with E-state index in [0.29, 0.717) is 41.6 Å². The van der Waals surface area contributed by atoms with Crippen LogP contribution in [0.15, 0.2) is 57.7 Å². The van der Waals surface area contributed by atoms with Crippen LogP contribution in [0.4, 0.5) is 0 Å². The first kappa shape index (κ1) is 19.0. The maximum absolute atomic E-state index is 12.5. The fourth-order valence-electron chi connectivity index (χ4n) is 2.95. The lowest BCUT2D eigenvalue weighted by Crippen LogP contribution is -2.27. The first-order valence-electron chi connectivity index (χ1n) is 8.77. The van der Waals surface area contributed by atoms with Crippen LogP contribution in [-0.4, -0.2) is 17.0 Å². The third-order valence-corrected chi connectivity index (χ3v) is 4.74. The molecule has 3 aromatic rings. The van der Waals surface area contributed by atoms with Gasteiger partial charge in [-0.25, -0.2) is 0 Å². The molecule has 1 N–H and O–H groups in total. The van der Waals surface area contributed by atoms with E-state index < -0.39 is 0 Å². The standard InChI is InChI=1S/C21H21ClN2O3/c1-14-7-5-10-20(25)24(14)12-6-11-23-21(26)17-13-19(27-15(17)2)16-8-3-4-9-18(16)22/h3-5,7-10,13H,6,11-12H2,1-2H3,(H,23,26). The summed E-state index contributed by atoms with van der Waals surface area (Å²) in [5, 5.41) is 3.45. The summed E-state index contributed by atoms with van der Waals surface area (Å²) in [7, 11) is 0. The highest BCUT2D eigenvalue weighted by molar-refractivity contribution is 6.33. The van der Waals surface area contributed by atoms with Crippen LogP contribution in [-0.2, 0) is 6.54 Å². The molecule has 27 heavy (non-hydrogen) atoms. The first-order chi connectivity index (χ1) is 13.0. The van der Waals surface area contributed by atoms with E-state index in [1.165, 1.54) is 6.07 Å². The molecule has 0 saturated heterocycles. The fourth-order valence-corrected chi connectivity index (χ4v) is 3.17. The average Bonchev–Trinajstić information content (AvgIpc) is 3.02. The van der Waals surface area contributed by atoms with Crippen LogP contribution in [0.3, 0.4) is 0 Å². The van der Waals surface area contributed by atoms with E-state index in [9.17, 15) is 9.59 Å². The van der Waals surface area contributed by atoms with Crippen molar-refractivity contribution in [1.29, 1.82) is 0 Å². The number of amides is 1. The van der Waals surface area contributed by atoms with Crippen molar-refractivity contribution in [2.75, 3.05) is 6.54 Å². The second-order valence-corrected chi connectivity index (χ2v) is 6.73. The molecule has 2 aromatic heterocycles. The third-order valence-electron chi connectivity index (χ3n) is 4.41. The lowest BCUT2D eigenvalue weighted by Gasteiger charge is -2.09. The van der Waals surface area contributed by atoms with Gasteiger partial charge in [-0.3, -0.25) is 9.59 Å². The summed E-state index contributed by atoms with van der Waals surface area (Å²) in [4.78, 5) is 24.3. The summed E-state index contributed by atoms with van der Waals surface area (Å²) < 4.78 is 7.42. The van der Waals surface area contributed by atoms with E-state index >= 15 is 0 Å². The Morgan fingerprint density at radius 2 is 1.93 bits per heavy atom. The maximum Gasteiger partial charge on any atom is 0.254 e. The predicted octanol–water partition coefficient (Wildman–Crippen LogP) is 4.20. The second-order valence-electron chi connectivity index (χ2n) is 6.33. The Labute approximate surface area is 162 Å². The van der Waals surface area contributed by atoms with Crippen molar-refractivity contribution >= 4 is 17.5 Å². The fraction of sp³-hybridized carbons (Fsp3) is 0.238. The van der Waals surface area contributed by atoms with E-state index in [4.69, 9.17) is 16.0 Å². The van der Waals surface area contributed by atoms with E-state index in [-0.39, 0.29) is 11.5 Å². The van der Waals surface area contributed by atoms with Gasteiger partial charge in [-0.05, 0) is 44.5 Å². The van der Waals surface area contributed by atoms with Crippen LogP contribution in [0.5, 0.6) is 0 Å². The highest BCUT2D eigenvalue weighted by Crippen LogP contribution is 2.30. The van der Waals surface area contributed by atoms with Crippen molar-refractivity contribution in [3.8, 4) is 11.3 Å². The van der Waals surface area contributed by atoms with Crippen LogP contribution in [0.1, 0.15) is 28.2 Å². The van der Waals surface area contributed by atoms with Crippen molar-refractivity contribution in [2.24, 2.45) is 0 Å². The Bertz CT molecular complexity index is 1020. The zero-order valence-electron chi connectivity index (χ0n) is 15.3. The summed E-state index contributed by atoms with van der Waals surface area (Å²) in [6.07, 6.45) is 0.658. The van der Waals surface area contributed by atoms with E-state index in [1.54, 1.807) is 29.7 Å². The van der Waals surface area contributed by atoms with Crippen molar-refractivity contribution in [2.45, 2.75) is 26.8 Å². The van der Waals surface area contributed by atoms with Gasteiger partial charge in [-0.2, -0.15) is 0 Å². The smallest absolute Gasteiger partial charge is 0.254 e. The number of aromatic nitrogens is 1. The van der Waals surface area contributed by atoms with Gasteiger partial charge in [-0.1, -0.05) is 29.8 Å². The van der Waals surface area contributed by atoms with Gasteiger partial charge >= 0.3 is 0 Å². The molecule has 0 unspecified atom stereocenters. The minimum Gasteiger partial charge on any atom is -0.460 e. The Kier molecular flexibility index (Phi) is 5.81. The first-order valence-corrected chi connectivity index (χ1v) is 9.15. The lowest BCUT2D eigenvalue weighted by molar-refractivity contribution is 0.0951. The molecular formula is C21H21ClN2O3. The Balaban J connectivity index is 1.62. The molecule has 6 heteroatoms. The molecule has 140 valence electrons. The molecule has 0 spiro atoms. The number of aryl methyl sites for hydroxylation is 2.